The van der Waals surface area contributed by atoms with Gasteiger partial charge < -0.3 is 0 Å². The van der Waals surface area contributed by atoms with Crippen LogP contribution in [0.1, 0.15) is 16.3 Å². The molecular formula is C9H8N4O. The van der Waals surface area contributed by atoms with Crippen molar-refractivity contribution in [2.45, 2.75) is 0 Å². The lowest BCUT2D eigenvalue weighted by molar-refractivity contribution is 0.102. The zero-order valence-corrected chi connectivity index (χ0v) is 7.58. The summed E-state index contributed by atoms with van der Waals surface area (Å²) in [5.41, 5.74) is 0.483. The SMILES string of the molecule is Cn1nccc1C(=O)c1ncccn1. The zero-order valence-electron chi connectivity index (χ0n) is 7.58. The fraction of sp³-hybridized carbons (Fsp3) is 0.111. The van der Waals surface area contributed by atoms with Crippen molar-refractivity contribution in [1.29, 1.82) is 0 Å². The highest BCUT2D eigenvalue weighted by atomic mass is 16.1. The molecule has 0 aliphatic heterocycles. The molecule has 2 aromatic rings. The van der Waals surface area contributed by atoms with Gasteiger partial charge in [0.05, 0.1) is 0 Å². The molecule has 0 spiro atoms. The molecule has 0 fully saturated rings. The van der Waals surface area contributed by atoms with Crippen LogP contribution in [0.3, 0.4) is 0 Å². The van der Waals surface area contributed by atoms with Gasteiger partial charge in [0.25, 0.3) is 0 Å². The Labute approximate surface area is 80.4 Å². The average molecular weight is 188 g/mol. The van der Waals surface area contributed by atoms with Crippen LogP contribution in [0, 0.1) is 0 Å². The summed E-state index contributed by atoms with van der Waals surface area (Å²) in [7, 11) is 1.70. The summed E-state index contributed by atoms with van der Waals surface area (Å²) < 4.78 is 1.50. The van der Waals surface area contributed by atoms with Crippen LogP contribution in [-0.4, -0.2) is 25.5 Å². The maximum absolute atomic E-state index is 11.7. The highest BCUT2D eigenvalue weighted by Gasteiger charge is 2.14. The molecule has 0 unspecified atom stereocenters. The normalized spacial score (nSPS) is 10.1. The number of aryl methyl sites for hydroxylation is 1. The Morgan fingerprint density at radius 1 is 1.29 bits per heavy atom. The largest absolute Gasteiger partial charge is 0.283 e. The summed E-state index contributed by atoms with van der Waals surface area (Å²) in [5, 5.41) is 3.90. The molecule has 2 heterocycles. The predicted molar refractivity (Wildman–Crippen MR) is 48.7 cm³/mol. The van der Waals surface area contributed by atoms with Gasteiger partial charge >= 0.3 is 0 Å². The van der Waals surface area contributed by atoms with E-state index < -0.39 is 0 Å². The first-order chi connectivity index (χ1) is 6.79. The zero-order chi connectivity index (χ0) is 9.97. The Morgan fingerprint density at radius 3 is 2.57 bits per heavy atom. The minimum atomic E-state index is -0.217. The second-order valence-corrected chi connectivity index (χ2v) is 2.74. The molecule has 0 aliphatic carbocycles. The summed E-state index contributed by atoms with van der Waals surface area (Å²) in [5.74, 6) is -0.0262. The maximum atomic E-state index is 11.7. The topological polar surface area (TPSA) is 60.7 Å². The van der Waals surface area contributed by atoms with Crippen molar-refractivity contribution in [3.63, 3.8) is 0 Å². The molecule has 0 bridgehead atoms. The van der Waals surface area contributed by atoms with E-state index in [0.29, 0.717) is 5.69 Å². The summed E-state index contributed by atoms with van der Waals surface area (Å²) >= 11 is 0. The Bertz CT molecular complexity index is 449. The lowest BCUT2D eigenvalue weighted by Gasteiger charge is -1.98. The van der Waals surface area contributed by atoms with E-state index in [9.17, 15) is 4.79 Å². The molecular weight excluding hydrogens is 180 g/mol. The van der Waals surface area contributed by atoms with Gasteiger partial charge in [0.2, 0.25) is 11.6 Å². The van der Waals surface area contributed by atoms with E-state index in [2.05, 4.69) is 15.1 Å². The highest BCUT2D eigenvalue weighted by molar-refractivity contribution is 6.05. The summed E-state index contributed by atoms with van der Waals surface area (Å²) in [4.78, 5) is 19.5. The van der Waals surface area contributed by atoms with Crippen molar-refractivity contribution in [3.05, 3.63) is 42.2 Å². The molecule has 0 saturated heterocycles. The van der Waals surface area contributed by atoms with E-state index in [1.807, 2.05) is 0 Å². The van der Waals surface area contributed by atoms with Crippen molar-refractivity contribution in [2.24, 2.45) is 7.05 Å². The van der Waals surface area contributed by atoms with Crippen molar-refractivity contribution in [3.8, 4) is 0 Å². The number of rotatable bonds is 2. The highest BCUT2D eigenvalue weighted by Crippen LogP contribution is 2.02. The minimum absolute atomic E-state index is 0.191. The van der Waals surface area contributed by atoms with E-state index in [0.717, 1.165) is 0 Å². The van der Waals surface area contributed by atoms with Crippen LogP contribution in [0.2, 0.25) is 0 Å². The van der Waals surface area contributed by atoms with Gasteiger partial charge in [-0.2, -0.15) is 5.10 Å². The number of nitrogens with zero attached hydrogens (tertiary/aromatic N) is 4. The Balaban J connectivity index is 2.39. The van der Waals surface area contributed by atoms with E-state index in [4.69, 9.17) is 0 Å². The van der Waals surface area contributed by atoms with Crippen LogP contribution in [0.25, 0.3) is 0 Å². The van der Waals surface area contributed by atoms with Gasteiger partial charge in [-0.15, -0.1) is 0 Å². The van der Waals surface area contributed by atoms with Gasteiger partial charge in [0, 0.05) is 25.6 Å². The quantitative estimate of drug-likeness (QED) is 0.641. The fourth-order valence-corrected chi connectivity index (χ4v) is 1.13. The molecule has 14 heavy (non-hydrogen) atoms. The summed E-state index contributed by atoms with van der Waals surface area (Å²) in [6.45, 7) is 0. The molecule has 0 aliphatic rings. The Hall–Kier alpha value is -2.04. The molecule has 0 atom stereocenters. The van der Waals surface area contributed by atoms with Gasteiger partial charge in [-0.1, -0.05) is 0 Å². The van der Waals surface area contributed by atoms with Gasteiger partial charge in [0.1, 0.15) is 5.69 Å². The average Bonchev–Trinajstić information content (AvgIpc) is 2.65. The number of hydrogen-bond donors (Lipinski definition) is 0. The number of ketones is 1. The van der Waals surface area contributed by atoms with Crippen molar-refractivity contribution in [1.82, 2.24) is 19.7 Å². The van der Waals surface area contributed by atoms with Crippen LogP contribution < -0.4 is 0 Å². The van der Waals surface area contributed by atoms with Crippen molar-refractivity contribution in [2.75, 3.05) is 0 Å². The molecule has 2 aromatic heterocycles. The van der Waals surface area contributed by atoms with Crippen LogP contribution in [-0.2, 0) is 7.05 Å². The number of aromatic nitrogens is 4. The number of carbonyl (C=O) groups is 1. The lowest BCUT2D eigenvalue weighted by atomic mass is 10.2. The predicted octanol–water partition coefficient (Wildman–Crippen LogP) is 0.441. The van der Waals surface area contributed by atoms with Crippen LogP contribution in [0.15, 0.2) is 30.7 Å². The summed E-state index contributed by atoms with van der Waals surface area (Å²) in [6.07, 6.45) is 4.64. The maximum Gasteiger partial charge on any atom is 0.248 e. The van der Waals surface area contributed by atoms with Gasteiger partial charge in [-0.25, -0.2) is 9.97 Å². The molecule has 0 aromatic carbocycles. The Kier molecular flexibility index (Phi) is 2.06. The van der Waals surface area contributed by atoms with Crippen LogP contribution in [0.5, 0.6) is 0 Å². The van der Waals surface area contributed by atoms with E-state index >= 15 is 0 Å². The van der Waals surface area contributed by atoms with Crippen LogP contribution >= 0.6 is 0 Å². The van der Waals surface area contributed by atoms with E-state index in [-0.39, 0.29) is 11.6 Å². The van der Waals surface area contributed by atoms with Gasteiger partial charge in [-0.05, 0) is 12.1 Å². The molecule has 70 valence electrons. The first-order valence-electron chi connectivity index (χ1n) is 4.09. The minimum Gasteiger partial charge on any atom is -0.283 e. The monoisotopic (exact) mass is 188 g/mol. The third kappa shape index (κ3) is 1.39. The lowest BCUT2D eigenvalue weighted by Crippen LogP contribution is -2.11. The molecule has 0 radical (unpaired) electrons. The fourth-order valence-electron chi connectivity index (χ4n) is 1.13. The molecule has 0 amide bonds. The molecule has 0 N–H and O–H groups in total. The standard InChI is InChI=1S/C9H8N4O/c1-13-7(3-6-12-13)8(14)9-10-4-2-5-11-9/h2-6H,1H3. The van der Waals surface area contributed by atoms with Gasteiger partial charge in [0.15, 0.2) is 0 Å². The molecule has 5 nitrogen and oxygen atoms in total. The second-order valence-electron chi connectivity index (χ2n) is 2.74. The van der Waals surface area contributed by atoms with Crippen LogP contribution in [0.4, 0.5) is 0 Å². The van der Waals surface area contributed by atoms with E-state index in [1.165, 1.54) is 17.1 Å². The first-order valence-corrected chi connectivity index (χ1v) is 4.09. The first kappa shape index (κ1) is 8.55. The third-order valence-corrected chi connectivity index (χ3v) is 1.82. The van der Waals surface area contributed by atoms with Crippen molar-refractivity contribution < 1.29 is 4.79 Å². The van der Waals surface area contributed by atoms with E-state index in [1.54, 1.807) is 25.4 Å². The van der Waals surface area contributed by atoms with Crippen molar-refractivity contribution >= 4 is 5.78 Å². The Morgan fingerprint density at radius 2 is 2.00 bits per heavy atom. The second kappa shape index (κ2) is 3.37. The van der Waals surface area contributed by atoms with Gasteiger partial charge in [-0.3, -0.25) is 9.48 Å². The third-order valence-electron chi connectivity index (χ3n) is 1.82. The smallest absolute Gasteiger partial charge is 0.248 e. The number of hydrogen-bond acceptors (Lipinski definition) is 4. The molecule has 2 rings (SSSR count). The molecule has 5 heteroatoms. The summed E-state index contributed by atoms with van der Waals surface area (Å²) in [6, 6.07) is 3.30. The number of carbonyl (C=O) groups excluding carboxylic acids is 1. The molecule has 0 saturated carbocycles.